The molecule has 0 aliphatic heterocycles. The fourth-order valence-electron chi connectivity index (χ4n) is 12.1. The monoisotopic (exact) mass is 1180 g/mol. The summed E-state index contributed by atoms with van der Waals surface area (Å²) in [4.78, 5) is 24.6. The molecule has 0 fully saturated rings. The Morgan fingerprint density at radius 3 is 0.917 bits per heavy atom. The summed E-state index contributed by atoms with van der Waals surface area (Å²) in [6.45, 7) is 4.98. The fraction of sp³-hybridized carbons (Fsp3) is 0.897. The smallest absolute Gasteiger partial charge is 0.305 e. The quantitative estimate of drug-likeness (QED) is 0.0320. The van der Waals surface area contributed by atoms with Crippen molar-refractivity contribution in [2.75, 3.05) is 13.2 Å². The highest BCUT2D eigenvalue weighted by atomic mass is 16.5. The van der Waals surface area contributed by atoms with Crippen molar-refractivity contribution in [2.24, 2.45) is 0 Å². The lowest BCUT2D eigenvalue weighted by Gasteiger charge is -2.22. The molecule has 0 saturated heterocycles. The van der Waals surface area contributed by atoms with Gasteiger partial charge in [0.1, 0.15) is 0 Å². The van der Waals surface area contributed by atoms with Gasteiger partial charge in [-0.3, -0.25) is 9.59 Å². The van der Waals surface area contributed by atoms with E-state index in [1.54, 1.807) is 0 Å². The van der Waals surface area contributed by atoms with Crippen LogP contribution in [0.5, 0.6) is 0 Å². The number of nitrogens with one attached hydrogen (secondary N) is 1. The third-order valence-electron chi connectivity index (χ3n) is 17.9. The SMILES string of the molecule is CCCCCCCC/C=C\CCCCCCCCCC(=O)OCCCCCCCCCCCCCCC/C=C\C/C=C\CCCCCCCCCCCCCCCCCCCC(=O)NC(CO)C(O)CCCCCCCCCCCCCCC. The highest BCUT2D eigenvalue weighted by Crippen LogP contribution is 2.19. The predicted octanol–water partition coefficient (Wildman–Crippen LogP) is 25.0. The molecule has 0 aliphatic carbocycles. The van der Waals surface area contributed by atoms with E-state index < -0.39 is 12.1 Å². The highest BCUT2D eigenvalue weighted by Gasteiger charge is 2.20. The summed E-state index contributed by atoms with van der Waals surface area (Å²) < 4.78 is 5.51. The van der Waals surface area contributed by atoms with Crippen molar-refractivity contribution >= 4 is 11.9 Å². The molecule has 0 saturated carbocycles. The Hall–Kier alpha value is -1.92. The van der Waals surface area contributed by atoms with Crippen LogP contribution in [0.4, 0.5) is 0 Å². The molecule has 0 aliphatic rings. The van der Waals surface area contributed by atoms with E-state index in [4.69, 9.17) is 4.74 Å². The maximum absolute atomic E-state index is 12.5. The molecule has 1 amide bonds. The van der Waals surface area contributed by atoms with Crippen molar-refractivity contribution in [3.8, 4) is 0 Å². The molecule has 0 aromatic heterocycles. The Kier molecular flexibility index (Phi) is 71.9. The molecule has 0 heterocycles. The molecule has 0 rings (SSSR count). The predicted molar refractivity (Wildman–Crippen MR) is 370 cm³/mol. The number of ether oxygens (including phenoxy) is 1. The molecule has 6 heteroatoms. The van der Waals surface area contributed by atoms with E-state index in [0.717, 1.165) is 51.4 Å². The van der Waals surface area contributed by atoms with E-state index >= 15 is 0 Å². The highest BCUT2D eigenvalue weighted by molar-refractivity contribution is 5.76. The number of rotatable bonds is 72. The van der Waals surface area contributed by atoms with Gasteiger partial charge in [-0.15, -0.1) is 0 Å². The van der Waals surface area contributed by atoms with Gasteiger partial charge in [0.15, 0.2) is 0 Å². The molecular formula is C78H149NO5. The number of allylic oxidation sites excluding steroid dienone is 6. The van der Waals surface area contributed by atoms with Crippen molar-refractivity contribution in [3.63, 3.8) is 0 Å². The standard InChI is InChI=1S/C78H149NO5/c1-3-5-7-9-11-13-15-17-18-40-44-48-52-56-60-64-68-72-78(83)84-73-69-65-61-57-53-49-45-42-39-37-35-33-31-29-27-25-23-21-19-20-22-24-26-28-30-32-34-36-38-41-43-47-51-55-59-63-67-71-77(82)79-75(74-80)76(81)70-66-62-58-54-50-46-16-14-12-10-8-6-4-2/h17-19,21,25,27,75-76,80-81H,3-16,20,22-24,26,28-74H2,1-2H3,(H,79,82)/b18-17-,21-19-,27-25-. The number of hydrogen-bond acceptors (Lipinski definition) is 5. The van der Waals surface area contributed by atoms with Crippen molar-refractivity contribution in [1.29, 1.82) is 0 Å². The second kappa shape index (κ2) is 73.5. The number of unbranched alkanes of at least 4 members (excludes halogenated alkanes) is 55. The van der Waals surface area contributed by atoms with Gasteiger partial charge in [0.2, 0.25) is 5.91 Å². The van der Waals surface area contributed by atoms with Crippen LogP contribution in [-0.2, 0) is 14.3 Å². The van der Waals surface area contributed by atoms with E-state index in [9.17, 15) is 19.8 Å². The van der Waals surface area contributed by atoms with Gasteiger partial charge in [-0.2, -0.15) is 0 Å². The fourth-order valence-corrected chi connectivity index (χ4v) is 12.1. The first-order chi connectivity index (χ1) is 41.5. The van der Waals surface area contributed by atoms with Gasteiger partial charge in [-0.25, -0.2) is 0 Å². The van der Waals surface area contributed by atoms with E-state index in [0.29, 0.717) is 25.9 Å². The Balaban J connectivity index is 3.34. The van der Waals surface area contributed by atoms with Gasteiger partial charge in [0.05, 0.1) is 25.4 Å². The summed E-state index contributed by atoms with van der Waals surface area (Å²) in [6.07, 6.45) is 95.2. The van der Waals surface area contributed by atoms with Crippen molar-refractivity contribution in [3.05, 3.63) is 36.5 Å². The topological polar surface area (TPSA) is 95.9 Å². The molecule has 0 aromatic carbocycles. The second-order valence-electron chi connectivity index (χ2n) is 26.3. The molecule has 0 aromatic rings. The third kappa shape index (κ3) is 69.2. The zero-order valence-electron chi connectivity index (χ0n) is 56.9. The molecular weight excluding hydrogens is 1030 g/mol. The Morgan fingerprint density at radius 1 is 0.333 bits per heavy atom. The minimum absolute atomic E-state index is 0.0160. The number of carbonyl (C=O) groups excluding carboxylic acids is 2. The zero-order chi connectivity index (χ0) is 60.6. The molecule has 84 heavy (non-hydrogen) atoms. The number of carbonyl (C=O) groups is 2. The number of esters is 1. The van der Waals surface area contributed by atoms with Crippen LogP contribution in [0.25, 0.3) is 0 Å². The normalized spacial score (nSPS) is 12.7. The van der Waals surface area contributed by atoms with Gasteiger partial charge >= 0.3 is 5.97 Å². The van der Waals surface area contributed by atoms with Crippen LogP contribution < -0.4 is 5.32 Å². The van der Waals surface area contributed by atoms with Gasteiger partial charge in [-0.1, -0.05) is 365 Å². The number of hydrogen-bond donors (Lipinski definition) is 3. The van der Waals surface area contributed by atoms with Gasteiger partial charge in [0.25, 0.3) is 0 Å². The summed E-state index contributed by atoms with van der Waals surface area (Å²) in [5, 5.41) is 23.3. The molecule has 2 unspecified atom stereocenters. The van der Waals surface area contributed by atoms with Crippen LogP contribution >= 0.6 is 0 Å². The molecule has 6 nitrogen and oxygen atoms in total. The van der Waals surface area contributed by atoms with E-state index in [1.165, 1.54) is 340 Å². The first kappa shape index (κ1) is 82.1. The first-order valence-electron chi connectivity index (χ1n) is 38.2. The average molecular weight is 1180 g/mol. The lowest BCUT2D eigenvalue weighted by molar-refractivity contribution is -0.143. The maximum Gasteiger partial charge on any atom is 0.305 e. The van der Waals surface area contributed by atoms with Gasteiger partial charge in [-0.05, 0) is 83.5 Å². The first-order valence-corrected chi connectivity index (χ1v) is 38.2. The van der Waals surface area contributed by atoms with Crippen molar-refractivity contribution < 1.29 is 24.5 Å². The van der Waals surface area contributed by atoms with Crippen LogP contribution in [0.2, 0.25) is 0 Å². The number of aliphatic hydroxyl groups excluding tert-OH is 2. The summed E-state index contributed by atoms with van der Waals surface area (Å²) in [5.41, 5.74) is 0. The lowest BCUT2D eigenvalue weighted by atomic mass is 10.0. The molecule has 0 spiro atoms. The van der Waals surface area contributed by atoms with E-state index in [2.05, 4.69) is 55.6 Å². The summed E-state index contributed by atoms with van der Waals surface area (Å²) >= 11 is 0. The van der Waals surface area contributed by atoms with Gasteiger partial charge in [0, 0.05) is 12.8 Å². The van der Waals surface area contributed by atoms with Crippen LogP contribution in [-0.4, -0.2) is 47.4 Å². The molecule has 0 radical (unpaired) electrons. The minimum Gasteiger partial charge on any atom is -0.466 e. The van der Waals surface area contributed by atoms with Crippen LogP contribution in [0.15, 0.2) is 36.5 Å². The van der Waals surface area contributed by atoms with Crippen LogP contribution in [0, 0.1) is 0 Å². The van der Waals surface area contributed by atoms with Gasteiger partial charge < -0.3 is 20.3 Å². The van der Waals surface area contributed by atoms with E-state index in [1.807, 2.05) is 0 Å². The van der Waals surface area contributed by atoms with Crippen molar-refractivity contribution in [2.45, 2.75) is 437 Å². The Labute approximate surface area is 525 Å². The lowest BCUT2D eigenvalue weighted by Crippen LogP contribution is -2.45. The van der Waals surface area contributed by atoms with Crippen LogP contribution in [0.3, 0.4) is 0 Å². The third-order valence-corrected chi connectivity index (χ3v) is 17.9. The second-order valence-corrected chi connectivity index (χ2v) is 26.3. The number of amides is 1. The van der Waals surface area contributed by atoms with Crippen LogP contribution in [0.1, 0.15) is 425 Å². The zero-order valence-corrected chi connectivity index (χ0v) is 56.9. The average Bonchev–Trinajstić information content (AvgIpc) is 3.54. The summed E-state index contributed by atoms with van der Waals surface area (Å²) in [5.74, 6) is -0.0142. The maximum atomic E-state index is 12.5. The van der Waals surface area contributed by atoms with Crippen molar-refractivity contribution in [1.82, 2.24) is 5.32 Å². The molecule has 3 N–H and O–H groups in total. The molecule has 0 bridgehead atoms. The minimum atomic E-state index is -0.662. The van der Waals surface area contributed by atoms with E-state index in [-0.39, 0.29) is 18.5 Å². The Morgan fingerprint density at radius 2 is 0.595 bits per heavy atom. The molecule has 2 atom stereocenters. The largest absolute Gasteiger partial charge is 0.466 e. The number of aliphatic hydroxyl groups is 2. The summed E-state index contributed by atoms with van der Waals surface area (Å²) in [7, 11) is 0. The summed E-state index contributed by atoms with van der Waals surface area (Å²) in [6, 6.07) is -0.539. The molecule has 496 valence electrons. The Bertz CT molecular complexity index is 1360.